The minimum atomic E-state index is 0.121. The predicted molar refractivity (Wildman–Crippen MR) is 74.4 cm³/mol. The number of hydrogen-bond acceptors (Lipinski definition) is 4. The Morgan fingerprint density at radius 3 is 2.63 bits per heavy atom. The molecule has 0 aliphatic carbocycles. The molecule has 1 aliphatic heterocycles. The van der Waals surface area contributed by atoms with Gasteiger partial charge >= 0.3 is 0 Å². The van der Waals surface area contributed by atoms with Gasteiger partial charge in [-0.1, -0.05) is 19.9 Å². The number of fused-ring (bicyclic) bond motifs is 1. The Kier molecular flexibility index (Phi) is 5.05. The van der Waals surface area contributed by atoms with Gasteiger partial charge in [-0.15, -0.1) is 0 Å². The molecule has 1 N–H and O–H groups in total. The zero-order valence-electron chi connectivity index (χ0n) is 11.9. The van der Waals surface area contributed by atoms with Crippen molar-refractivity contribution in [2.75, 3.05) is 19.8 Å². The fraction of sp³-hybridized carbons (Fsp3) is 0.600. The van der Waals surface area contributed by atoms with E-state index in [1.54, 1.807) is 0 Å². The summed E-state index contributed by atoms with van der Waals surface area (Å²) in [5, 5.41) is 0. The lowest BCUT2D eigenvalue weighted by molar-refractivity contribution is 0.00405. The molecule has 1 unspecified atom stereocenters. The van der Waals surface area contributed by atoms with Crippen molar-refractivity contribution in [3.8, 4) is 11.5 Å². The molecule has 1 aromatic rings. The largest absolute Gasteiger partial charge is 0.490 e. The van der Waals surface area contributed by atoms with Gasteiger partial charge in [0, 0.05) is 6.42 Å². The summed E-state index contributed by atoms with van der Waals surface area (Å²) in [5.41, 5.74) is 4.19. The number of rotatable bonds is 5. The highest BCUT2D eigenvalue weighted by Crippen LogP contribution is 2.32. The maximum Gasteiger partial charge on any atom is 0.161 e. The van der Waals surface area contributed by atoms with Crippen LogP contribution in [-0.2, 0) is 4.84 Å². The lowest BCUT2D eigenvalue weighted by atomic mass is 10.1. The van der Waals surface area contributed by atoms with Crippen molar-refractivity contribution in [2.24, 2.45) is 5.92 Å². The number of ether oxygens (including phenoxy) is 2. The van der Waals surface area contributed by atoms with Gasteiger partial charge in [-0.3, -0.25) is 0 Å². The van der Waals surface area contributed by atoms with Gasteiger partial charge in [0.2, 0.25) is 0 Å². The molecule has 4 nitrogen and oxygen atoms in total. The molecule has 0 saturated carbocycles. The van der Waals surface area contributed by atoms with E-state index in [2.05, 4.69) is 26.3 Å². The van der Waals surface area contributed by atoms with Crippen molar-refractivity contribution in [1.29, 1.82) is 0 Å². The molecule has 0 fully saturated rings. The lowest BCUT2D eigenvalue weighted by Crippen LogP contribution is -2.21. The van der Waals surface area contributed by atoms with Crippen molar-refractivity contribution >= 4 is 0 Å². The van der Waals surface area contributed by atoms with Crippen LogP contribution in [0.2, 0.25) is 0 Å². The number of hydroxylamine groups is 1. The maximum absolute atomic E-state index is 5.69. The van der Waals surface area contributed by atoms with E-state index >= 15 is 0 Å². The van der Waals surface area contributed by atoms with Gasteiger partial charge in [-0.05, 0) is 30.5 Å². The van der Waals surface area contributed by atoms with Crippen molar-refractivity contribution < 1.29 is 14.3 Å². The molecule has 1 aliphatic rings. The van der Waals surface area contributed by atoms with Crippen LogP contribution in [0, 0.1) is 5.92 Å². The van der Waals surface area contributed by atoms with Crippen molar-refractivity contribution in [1.82, 2.24) is 5.48 Å². The van der Waals surface area contributed by atoms with Crippen LogP contribution in [0.5, 0.6) is 11.5 Å². The zero-order valence-corrected chi connectivity index (χ0v) is 11.9. The van der Waals surface area contributed by atoms with E-state index in [4.69, 9.17) is 14.3 Å². The van der Waals surface area contributed by atoms with E-state index in [1.165, 1.54) is 0 Å². The molecule has 1 atom stereocenters. The maximum atomic E-state index is 5.69. The standard InChI is InChI=1S/C15H23NO3/c1-11(2)10-19-16-12(3)13-5-6-14-15(9-13)18-8-4-7-17-14/h5-6,9,11-12,16H,4,7-8,10H2,1-3H3. The third-order valence-electron chi connectivity index (χ3n) is 2.95. The van der Waals surface area contributed by atoms with E-state index in [0.29, 0.717) is 19.1 Å². The van der Waals surface area contributed by atoms with E-state index < -0.39 is 0 Å². The molecule has 0 radical (unpaired) electrons. The molecule has 4 heteroatoms. The minimum Gasteiger partial charge on any atom is -0.490 e. The van der Waals surface area contributed by atoms with Gasteiger partial charge in [0.1, 0.15) is 0 Å². The van der Waals surface area contributed by atoms with Crippen LogP contribution < -0.4 is 15.0 Å². The molecule has 19 heavy (non-hydrogen) atoms. The fourth-order valence-electron chi connectivity index (χ4n) is 1.86. The molecule has 2 rings (SSSR count). The van der Waals surface area contributed by atoms with Crippen molar-refractivity contribution in [2.45, 2.75) is 33.2 Å². The van der Waals surface area contributed by atoms with Crippen LogP contribution in [0.15, 0.2) is 18.2 Å². The van der Waals surface area contributed by atoms with Gasteiger partial charge in [0.15, 0.2) is 11.5 Å². The summed E-state index contributed by atoms with van der Waals surface area (Å²) in [7, 11) is 0. The summed E-state index contributed by atoms with van der Waals surface area (Å²) in [4.78, 5) is 5.46. The van der Waals surface area contributed by atoms with Gasteiger partial charge in [-0.2, -0.15) is 5.48 Å². The highest BCUT2D eigenvalue weighted by atomic mass is 16.6. The van der Waals surface area contributed by atoms with Crippen molar-refractivity contribution in [3.63, 3.8) is 0 Å². The quantitative estimate of drug-likeness (QED) is 0.830. The summed E-state index contributed by atoms with van der Waals surface area (Å²) in [6, 6.07) is 6.16. The van der Waals surface area contributed by atoms with E-state index in [9.17, 15) is 0 Å². The van der Waals surface area contributed by atoms with Crippen LogP contribution in [0.3, 0.4) is 0 Å². The van der Waals surface area contributed by atoms with Crippen LogP contribution in [0.25, 0.3) is 0 Å². The zero-order chi connectivity index (χ0) is 13.7. The minimum absolute atomic E-state index is 0.121. The molecule has 1 aromatic carbocycles. The Labute approximate surface area is 115 Å². The Morgan fingerprint density at radius 2 is 1.89 bits per heavy atom. The van der Waals surface area contributed by atoms with Crippen molar-refractivity contribution in [3.05, 3.63) is 23.8 Å². The summed E-state index contributed by atoms with van der Waals surface area (Å²) in [6.07, 6.45) is 0.926. The van der Waals surface area contributed by atoms with Crippen LogP contribution in [0.1, 0.15) is 38.8 Å². The molecule has 0 aromatic heterocycles. The average Bonchev–Trinajstić information content (AvgIpc) is 2.62. The Balaban J connectivity index is 1.98. The Morgan fingerprint density at radius 1 is 1.16 bits per heavy atom. The van der Waals surface area contributed by atoms with E-state index in [1.807, 2.05) is 18.2 Å². The second-order valence-corrected chi connectivity index (χ2v) is 5.30. The third kappa shape index (κ3) is 4.11. The van der Waals surface area contributed by atoms with Gasteiger partial charge < -0.3 is 14.3 Å². The first-order chi connectivity index (χ1) is 9.16. The van der Waals surface area contributed by atoms with E-state index in [-0.39, 0.29) is 6.04 Å². The molecular weight excluding hydrogens is 242 g/mol. The number of benzene rings is 1. The lowest BCUT2D eigenvalue weighted by Gasteiger charge is -2.17. The molecular formula is C15H23NO3. The highest BCUT2D eigenvalue weighted by molar-refractivity contribution is 5.44. The van der Waals surface area contributed by atoms with Gasteiger partial charge in [0.05, 0.1) is 25.9 Å². The number of nitrogens with one attached hydrogen (secondary N) is 1. The summed E-state index contributed by atoms with van der Waals surface area (Å²) in [5.74, 6) is 2.17. The first kappa shape index (κ1) is 14.2. The average molecular weight is 265 g/mol. The third-order valence-corrected chi connectivity index (χ3v) is 2.95. The second kappa shape index (κ2) is 6.78. The van der Waals surface area contributed by atoms with E-state index in [0.717, 1.165) is 30.1 Å². The first-order valence-electron chi connectivity index (χ1n) is 6.93. The molecule has 0 bridgehead atoms. The summed E-state index contributed by atoms with van der Waals surface area (Å²) >= 11 is 0. The van der Waals surface area contributed by atoms with Crippen LogP contribution in [0.4, 0.5) is 0 Å². The van der Waals surface area contributed by atoms with Crippen LogP contribution in [-0.4, -0.2) is 19.8 Å². The topological polar surface area (TPSA) is 39.7 Å². The molecule has 106 valence electrons. The van der Waals surface area contributed by atoms with Gasteiger partial charge in [-0.25, -0.2) is 0 Å². The smallest absolute Gasteiger partial charge is 0.161 e. The molecule has 0 spiro atoms. The first-order valence-corrected chi connectivity index (χ1v) is 6.93. The molecule has 0 amide bonds. The fourth-order valence-corrected chi connectivity index (χ4v) is 1.86. The second-order valence-electron chi connectivity index (χ2n) is 5.30. The van der Waals surface area contributed by atoms with Crippen LogP contribution >= 0.6 is 0 Å². The monoisotopic (exact) mass is 265 g/mol. The Hall–Kier alpha value is -1.26. The SMILES string of the molecule is CC(C)CONC(C)c1ccc2c(c1)OCCCO2. The molecule has 0 saturated heterocycles. The summed E-state index contributed by atoms with van der Waals surface area (Å²) < 4.78 is 11.3. The normalized spacial score (nSPS) is 16.2. The van der Waals surface area contributed by atoms with Gasteiger partial charge in [0.25, 0.3) is 0 Å². The predicted octanol–water partition coefficient (Wildman–Crippen LogP) is 3.09. The molecule has 1 heterocycles. The summed E-state index contributed by atoms with van der Waals surface area (Å²) in [6.45, 7) is 8.45. The number of hydrogen-bond donors (Lipinski definition) is 1. The Bertz CT molecular complexity index is 406. The highest BCUT2D eigenvalue weighted by Gasteiger charge is 2.13.